The number of hydrogen-bond donors (Lipinski definition) is 1. The van der Waals surface area contributed by atoms with E-state index in [9.17, 15) is 4.79 Å². The van der Waals surface area contributed by atoms with E-state index in [0.717, 1.165) is 27.0 Å². The maximum atomic E-state index is 12.3. The molecule has 7 heteroatoms. The highest BCUT2D eigenvalue weighted by molar-refractivity contribution is 8.00. The van der Waals surface area contributed by atoms with Gasteiger partial charge in [-0.15, -0.1) is 0 Å². The number of morpholine rings is 1. The Hall–Kier alpha value is -1.76. The fourth-order valence-electron chi connectivity index (χ4n) is 2.52. The van der Waals surface area contributed by atoms with E-state index in [2.05, 4.69) is 9.71 Å². The Bertz CT molecular complexity index is 751. The predicted molar refractivity (Wildman–Crippen MR) is 101 cm³/mol. The Balaban J connectivity index is 1.61. The van der Waals surface area contributed by atoms with Crippen molar-refractivity contribution in [2.24, 2.45) is 0 Å². The van der Waals surface area contributed by atoms with Gasteiger partial charge in [0, 0.05) is 23.0 Å². The highest BCUT2D eigenvalue weighted by Gasteiger charge is 2.17. The van der Waals surface area contributed by atoms with Crippen molar-refractivity contribution < 1.29 is 9.53 Å². The van der Waals surface area contributed by atoms with Crippen molar-refractivity contribution in [2.45, 2.75) is 18.2 Å². The average molecular weight is 378 g/mol. The van der Waals surface area contributed by atoms with Crippen molar-refractivity contribution in [1.29, 1.82) is 0 Å². The van der Waals surface area contributed by atoms with E-state index in [1.54, 1.807) is 0 Å². The van der Waals surface area contributed by atoms with Crippen LogP contribution in [0.3, 0.4) is 0 Å². The zero-order chi connectivity index (χ0) is 17.6. The Labute approximate surface area is 156 Å². The number of hydrogen-bond acceptors (Lipinski definition) is 5. The Morgan fingerprint density at radius 3 is 2.84 bits per heavy atom. The minimum atomic E-state index is 0.0892. The molecule has 0 saturated carbocycles. The number of ether oxygens (including phenoxy) is 1. The minimum Gasteiger partial charge on any atom is -0.378 e. The first kappa shape index (κ1) is 18.0. The summed E-state index contributed by atoms with van der Waals surface area (Å²) in [4.78, 5) is 19.7. The zero-order valence-corrected chi connectivity index (χ0v) is 15.6. The van der Waals surface area contributed by atoms with Crippen molar-refractivity contribution >= 4 is 35.3 Å². The zero-order valence-electron chi connectivity index (χ0n) is 14.0. The van der Waals surface area contributed by atoms with Gasteiger partial charge in [-0.2, -0.15) is 0 Å². The first-order valence-electron chi connectivity index (χ1n) is 8.13. The Morgan fingerprint density at radius 1 is 1.28 bits per heavy atom. The summed E-state index contributed by atoms with van der Waals surface area (Å²) in [5, 5.41) is 0.740. The van der Waals surface area contributed by atoms with Gasteiger partial charge in [0.15, 0.2) is 0 Å². The average Bonchev–Trinajstić information content (AvgIpc) is 2.64. The molecule has 1 aliphatic rings. The maximum Gasteiger partial charge on any atom is 0.228 e. The highest BCUT2D eigenvalue weighted by atomic mass is 35.5. The molecule has 0 atom stereocenters. The molecule has 0 bridgehead atoms. The van der Waals surface area contributed by atoms with Crippen LogP contribution in [0.5, 0.6) is 0 Å². The lowest BCUT2D eigenvalue weighted by atomic mass is 10.2. The molecule has 132 valence electrons. The van der Waals surface area contributed by atoms with Crippen molar-refractivity contribution in [3.05, 3.63) is 52.7 Å². The lowest BCUT2D eigenvalue weighted by Crippen LogP contribution is -2.41. The normalized spacial score (nSPS) is 14.4. The SMILES string of the molecule is Cc1c(Cl)cccc1SNc1cccc(CC(=O)N2CCOCC2)n1. The molecule has 2 aromatic rings. The summed E-state index contributed by atoms with van der Waals surface area (Å²) >= 11 is 7.61. The predicted octanol–water partition coefficient (Wildman–Crippen LogP) is 3.56. The van der Waals surface area contributed by atoms with Crippen molar-refractivity contribution in [1.82, 2.24) is 9.88 Å². The maximum absolute atomic E-state index is 12.3. The number of anilines is 1. The molecule has 0 spiro atoms. The van der Waals surface area contributed by atoms with Crippen molar-refractivity contribution in [2.75, 3.05) is 31.0 Å². The number of benzene rings is 1. The molecule has 0 radical (unpaired) electrons. The largest absolute Gasteiger partial charge is 0.378 e. The number of nitrogens with zero attached hydrogens (tertiary/aromatic N) is 2. The van der Waals surface area contributed by atoms with Crippen molar-refractivity contribution in [3.8, 4) is 0 Å². The first-order chi connectivity index (χ1) is 12.1. The number of nitrogens with one attached hydrogen (secondary N) is 1. The molecule has 2 heterocycles. The van der Waals surface area contributed by atoms with Gasteiger partial charge >= 0.3 is 0 Å². The number of amides is 1. The lowest BCUT2D eigenvalue weighted by Gasteiger charge is -2.26. The minimum absolute atomic E-state index is 0.0892. The molecule has 1 aliphatic heterocycles. The van der Waals surface area contributed by atoms with Gasteiger partial charge in [0.2, 0.25) is 5.91 Å². The molecule has 0 aliphatic carbocycles. The quantitative estimate of drug-likeness (QED) is 0.807. The number of pyridine rings is 1. The van der Waals surface area contributed by atoms with E-state index in [-0.39, 0.29) is 5.91 Å². The standard InChI is InChI=1S/C18H20ClN3O2S/c1-13-15(19)5-3-6-16(13)25-21-17-7-2-4-14(20-17)12-18(23)22-8-10-24-11-9-22/h2-7H,8-12H2,1H3,(H,20,21). The molecule has 3 rings (SSSR count). The molecule has 1 fully saturated rings. The second-order valence-corrected chi connectivity index (χ2v) is 7.01. The van der Waals surface area contributed by atoms with Gasteiger partial charge < -0.3 is 14.4 Å². The molecular weight excluding hydrogens is 358 g/mol. The van der Waals surface area contributed by atoms with Crippen LogP contribution in [0.25, 0.3) is 0 Å². The second kappa shape index (κ2) is 8.56. The molecule has 1 N–H and O–H groups in total. The summed E-state index contributed by atoms with van der Waals surface area (Å²) < 4.78 is 8.50. The molecule has 1 saturated heterocycles. The molecule has 25 heavy (non-hydrogen) atoms. The molecule has 5 nitrogen and oxygen atoms in total. The number of carbonyl (C=O) groups is 1. The fourth-order valence-corrected chi connectivity index (χ4v) is 3.49. The summed E-state index contributed by atoms with van der Waals surface area (Å²) in [6.07, 6.45) is 0.302. The third kappa shape index (κ3) is 4.87. The number of rotatable bonds is 5. The summed E-state index contributed by atoms with van der Waals surface area (Å²) in [6, 6.07) is 11.5. The lowest BCUT2D eigenvalue weighted by molar-refractivity contribution is -0.134. The van der Waals surface area contributed by atoms with Crippen LogP contribution in [0, 0.1) is 6.92 Å². The molecule has 1 aromatic heterocycles. The fraction of sp³-hybridized carbons (Fsp3) is 0.333. The summed E-state index contributed by atoms with van der Waals surface area (Å²) in [5.74, 6) is 0.808. The van der Waals surface area contributed by atoms with Crippen LogP contribution in [0.2, 0.25) is 5.02 Å². The van der Waals surface area contributed by atoms with E-state index in [1.807, 2.05) is 48.2 Å². The molecule has 0 unspecified atom stereocenters. The van der Waals surface area contributed by atoms with Crippen LogP contribution in [0.15, 0.2) is 41.3 Å². The monoisotopic (exact) mass is 377 g/mol. The van der Waals surface area contributed by atoms with E-state index >= 15 is 0 Å². The van der Waals surface area contributed by atoms with E-state index < -0.39 is 0 Å². The van der Waals surface area contributed by atoms with Gasteiger partial charge in [0.05, 0.1) is 25.3 Å². The van der Waals surface area contributed by atoms with Gasteiger partial charge in [0.1, 0.15) is 5.82 Å². The van der Waals surface area contributed by atoms with Crippen LogP contribution < -0.4 is 4.72 Å². The first-order valence-corrected chi connectivity index (χ1v) is 9.32. The van der Waals surface area contributed by atoms with Crippen LogP contribution in [0.4, 0.5) is 5.82 Å². The number of aromatic nitrogens is 1. The number of carbonyl (C=O) groups excluding carboxylic acids is 1. The summed E-state index contributed by atoms with van der Waals surface area (Å²) in [6.45, 7) is 4.51. The third-order valence-electron chi connectivity index (χ3n) is 3.99. The number of halogens is 1. The van der Waals surface area contributed by atoms with Gasteiger partial charge in [-0.25, -0.2) is 4.98 Å². The highest BCUT2D eigenvalue weighted by Crippen LogP contribution is 2.28. The topological polar surface area (TPSA) is 54.5 Å². The Kier molecular flexibility index (Phi) is 6.18. The van der Waals surface area contributed by atoms with Crippen LogP contribution >= 0.6 is 23.5 Å². The van der Waals surface area contributed by atoms with Crippen LogP contribution in [-0.4, -0.2) is 42.1 Å². The smallest absolute Gasteiger partial charge is 0.228 e. The van der Waals surface area contributed by atoms with Gasteiger partial charge in [0.25, 0.3) is 0 Å². The summed E-state index contributed by atoms with van der Waals surface area (Å²) in [7, 11) is 0. The molecular formula is C18H20ClN3O2S. The molecule has 1 aromatic carbocycles. The van der Waals surface area contributed by atoms with Crippen LogP contribution in [0.1, 0.15) is 11.3 Å². The Morgan fingerprint density at radius 2 is 2.04 bits per heavy atom. The van der Waals surface area contributed by atoms with Gasteiger partial charge in [-0.05, 0) is 48.7 Å². The molecule has 1 amide bonds. The van der Waals surface area contributed by atoms with E-state index in [1.165, 1.54) is 11.9 Å². The third-order valence-corrected chi connectivity index (χ3v) is 5.37. The van der Waals surface area contributed by atoms with Crippen molar-refractivity contribution in [3.63, 3.8) is 0 Å². The van der Waals surface area contributed by atoms with E-state index in [0.29, 0.717) is 32.7 Å². The van der Waals surface area contributed by atoms with Gasteiger partial charge in [-0.1, -0.05) is 23.7 Å². The van der Waals surface area contributed by atoms with Crippen LogP contribution in [-0.2, 0) is 16.0 Å². The van der Waals surface area contributed by atoms with E-state index in [4.69, 9.17) is 16.3 Å². The summed E-state index contributed by atoms with van der Waals surface area (Å²) in [5.41, 5.74) is 1.78. The van der Waals surface area contributed by atoms with Gasteiger partial charge in [-0.3, -0.25) is 4.79 Å². The second-order valence-electron chi connectivity index (χ2n) is 5.75.